The number of rotatable bonds is 3. The van der Waals surface area contributed by atoms with Gasteiger partial charge in [0.05, 0.1) is 6.10 Å². The van der Waals surface area contributed by atoms with Gasteiger partial charge < -0.3 is 5.11 Å². The summed E-state index contributed by atoms with van der Waals surface area (Å²) in [7, 11) is 0. The predicted molar refractivity (Wildman–Crippen MR) is 69.8 cm³/mol. The van der Waals surface area contributed by atoms with Gasteiger partial charge in [-0.1, -0.05) is 27.2 Å². The van der Waals surface area contributed by atoms with E-state index < -0.39 is 0 Å². The van der Waals surface area contributed by atoms with Crippen LogP contribution in [0.15, 0.2) is 24.5 Å². The number of aliphatic hydroxyl groups excluding tert-OH is 1. The summed E-state index contributed by atoms with van der Waals surface area (Å²) in [5.74, 6) is 0.617. The standard InChI is InChI=1S/C15H23NO/c1-11(12-6-9-16-10-7-12)14(17)13-5-4-8-15(13,2)3/h6-7,9-11,13-14,17H,4-5,8H2,1-3H3. The van der Waals surface area contributed by atoms with Gasteiger partial charge in [-0.05, 0) is 41.9 Å². The van der Waals surface area contributed by atoms with Crippen molar-refractivity contribution in [2.75, 3.05) is 0 Å². The van der Waals surface area contributed by atoms with Crippen molar-refractivity contribution >= 4 is 0 Å². The summed E-state index contributed by atoms with van der Waals surface area (Å²) in [5.41, 5.74) is 1.47. The maximum atomic E-state index is 10.6. The molecule has 2 heteroatoms. The van der Waals surface area contributed by atoms with Crippen LogP contribution in [0.4, 0.5) is 0 Å². The lowest BCUT2D eigenvalue weighted by Crippen LogP contribution is -2.33. The van der Waals surface area contributed by atoms with E-state index in [9.17, 15) is 5.11 Å². The van der Waals surface area contributed by atoms with Crippen molar-refractivity contribution in [1.29, 1.82) is 0 Å². The lowest BCUT2D eigenvalue weighted by molar-refractivity contribution is 0.0368. The normalized spacial score (nSPS) is 26.7. The Balaban J connectivity index is 2.12. The van der Waals surface area contributed by atoms with Gasteiger partial charge in [-0.15, -0.1) is 0 Å². The second-order valence-electron chi connectivity index (χ2n) is 6.05. The zero-order valence-electron chi connectivity index (χ0n) is 11.1. The van der Waals surface area contributed by atoms with Gasteiger partial charge in [0.2, 0.25) is 0 Å². The summed E-state index contributed by atoms with van der Waals surface area (Å²) in [6.45, 7) is 6.69. The van der Waals surface area contributed by atoms with Gasteiger partial charge in [-0.3, -0.25) is 4.98 Å². The van der Waals surface area contributed by atoms with Crippen LogP contribution in [0, 0.1) is 11.3 Å². The van der Waals surface area contributed by atoms with Crippen molar-refractivity contribution in [3.05, 3.63) is 30.1 Å². The third-order valence-electron chi connectivity index (χ3n) is 4.50. The molecular formula is C15H23NO. The minimum absolute atomic E-state index is 0.195. The van der Waals surface area contributed by atoms with Gasteiger partial charge in [-0.2, -0.15) is 0 Å². The number of aliphatic hydroxyl groups is 1. The topological polar surface area (TPSA) is 33.1 Å². The van der Waals surface area contributed by atoms with Gasteiger partial charge in [0.25, 0.3) is 0 Å². The monoisotopic (exact) mass is 233 g/mol. The number of hydrogen-bond acceptors (Lipinski definition) is 2. The molecule has 0 saturated heterocycles. The Hall–Kier alpha value is -0.890. The molecule has 1 saturated carbocycles. The molecule has 17 heavy (non-hydrogen) atoms. The van der Waals surface area contributed by atoms with E-state index in [1.807, 2.05) is 12.1 Å². The zero-order chi connectivity index (χ0) is 12.5. The average Bonchev–Trinajstić information content (AvgIpc) is 2.68. The van der Waals surface area contributed by atoms with Crippen LogP contribution >= 0.6 is 0 Å². The molecule has 94 valence electrons. The van der Waals surface area contributed by atoms with Gasteiger partial charge >= 0.3 is 0 Å². The first-order valence-corrected chi connectivity index (χ1v) is 6.60. The maximum Gasteiger partial charge on any atom is 0.0639 e. The molecule has 1 heterocycles. The second-order valence-corrected chi connectivity index (χ2v) is 6.05. The highest BCUT2D eigenvalue weighted by molar-refractivity contribution is 5.17. The van der Waals surface area contributed by atoms with Gasteiger partial charge in [0, 0.05) is 18.3 Å². The molecule has 0 bridgehead atoms. The van der Waals surface area contributed by atoms with Crippen LogP contribution in [0.3, 0.4) is 0 Å². The van der Waals surface area contributed by atoms with Crippen LogP contribution < -0.4 is 0 Å². The van der Waals surface area contributed by atoms with Crippen molar-refractivity contribution in [2.24, 2.45) is 11.3 Å². The van der Waals surface area contributed by atoms with Crippen LogP contribution in [-0.4, -0.2) is 16.2 Å². The first-order valence-electron chi connectivity index (χ1n) is 6.60. The molecule has 3 atom stereocenters. The van der Waals surface area contributed by atoms with E-state index in [4.69, 9.17) is 0 Å². The first-order chi connectivity index (χ1) is 8.02. The molecule has 0 radical (unpaired) electrons. The molecule has 1 fully saturated rings. The largest absolute Gasteiger partial charge is 0.392 e. The minimum atomic E-state index is -0.241. The van der Waals surface area contributed by atoms with Gasteiger partial charge in [-0.25, -0.2) is 0 Å². The summed E-state index contributed by atoms with van der Waals surface area (Å²) >= 11 is 0. The fraction of sp³-hybridized carbons (Fsp3) is 0.667. The molecule has 0 spiro atoms. The molecule has 2 nitrogen and oxygen atoms in total. The quantitative estimate of drug-likeness (QED) is 0.868. The first kappa shape index (κ1) is 12.6. The molecule has 3 unspecified atom stereocenters. The third-order valence-corrected chi connectivity index (χ3v) is 4.50. The van der Waals surface area contributed by atoms with Crippen molar-refractivity contribution in [3.63, 3.8) is 0 Å². The molecule has 1 aromatic rings. The molecular weight excluding hydrogens is 210 g/mol. The highest BCUT2D eigenvalue weighted by Gasteiger charge is 2.40. The van der Waals surface area contributed by atoms with E-state index in [-0.39, 0.29) is 17.4 Å². The minimum Gasteiger partial charge on any atom is -0.392 e. The molecule has 0 aliphatic heterocycles. The van der Waals surface area contributed by atoms with Crippen LogP contribution in [-0.2, 0) is 0 Å². The fourth-order valence-corrected chi connectivity index (χ4v) is 3.20. The molecule has 0 aromatic carbocycles. The molecule has 1 N–H and O–H groups in total. The van der Waals surface area contributed by atoms with Crippen LogP contribution in [0.1, 0.15) is 51.5 Å². The van der Waals surface area contributed by atoms with E-state index in [1.165, 1.54) is 18.4 Å². The number of hydrogen-bond donors (Lipinski definition) is 1. The second kappa shape index (κ2) is 4.77. The SMILES string of the molecule is CC(c1ccncc1)C(O)C1CCCC1(C)C. The number of pyridine rings is 1. The lowest BCUT2D eigenvalue weighted by Gasteiger charge is -2.34. The highest BCUT2D eigenvalue weighted by atomic mass is 16.3. The molecule has 1 aliphatic carbocycles. The van der Waals surface area contributed by atoms with E-state index >= 15 is 0 Å². The Morgan fingerprint density at radius 2 is 2.00 bits per heavy atom. The Bertz CT molecular complexity index is 360. The van der Waals surface area contributed by atoms with Crippen molar-refractivity contribution in [1.82, 2.24) is 4.98 Å². The van der Waals surface area contributed by atoms with Crippen LogP contribution in [0.25, 0.3) is 0 Å². The maximum absolute atomic E-state index is 10.6. The lowest BCUT2D eigenvalue weighted by atomic mass is 9.74. The summed E-state index contributed by atoms with van der Waals surface area (Å²) < 4.78 is 0. The van der Waals surface area contributed by atoms with Gasteiger partial charge in [0.15, 0.2) is 0 Å². The molecule has 2 rings (SSSR count). The van der Waals surface area contributed by atoms with Gasteiger partial charge in [0.1, 0.15) is 0 Å². The summed E-state index contributed by atoms with van der Waals surface area (Å²) in [5, 5.41) is 10.6. The van der Waals surface area contributed by atoms with E-state index in [1.54, 1.807) is 12.4 Å². The number of aromatic nitrogens is 1. The third kappa shape index (κ3) is 2.52. The Labute approximate surface area is 104 Å². The molecule has 1 aliphatic rings. The van der Waals surface area contributed by atoms with Crippen LogP contribution in [0.5, 0.6) is 0 Å². The molecule has 1 aromatic heterocycles. The zero-order valence-corrected chi connectivity index (χ0v) is 11.1. The summed E-state index contributed by atoms with van der Waals surface area (Å²) in [6, 6.07) is 4.02. The van der Waals surface area contributed by atoms with Crippen molar-refractivity contribution < 1.29 is 5.11 Å². The van der Waals surface area contributed by atoms with E-state index in [2.05, 4.69) is 25.8 Å². The summed E-state index contributed by atoms with van der Waals surface area (Å²) in [6.07, 6.45) is 7.01. The van der Waals surface area contributed by atoms with Crippen LogP contribution in [0.2, 0.25) is 0 Å². The summed E-state index contributed by atoms with van der Waals surface area (Å²) in [4.78, 5) is 4.03. The van der Waals surface area contributed by atoms with Crippen molar-refractivity contribution in [3.8, 4) is 0 Å². The van der Waals surface area contributed by atoms with E-state index in [0.717, 1.165) is 6.42 Å². The fourth-order valence-electron chi connectivity index (χ4n) is 3.20. The van der Waals surface area contributed by atoms with E-state index in [0.29, 0.717) is 5.92 Å². The molecule has 0 amide bonds. The average molecular weight is 233 g/mol. The van der Waals surface area contributed by atoms with Crippen molar-refractivity contribution in [2.45, 2.75) is 52.1 Å². The Morgan fingerprint density at radius 1 is 1.35 bits per heavy atom. The highest BCUT2D eigenvalue weighted by Crippen LogP contribution is 2.46. The Kier molecular flexibility index (Phi) is 3.53. The smallest absolute Gasteiger partial charge is 0.0639 e. The number of nitrogens with zero attached hydrogens (tertiary/aromatic N) is 1. The predicted octanol–water partition coefficient (Wildman–Crippen LogP) is 3.37. The Morgan fingerprint density at radius 3 is 2.53 bits per heavy atom.